The van der Waals surface area contributed by atoms with Crippen LogP contribution in [0.1, 0.15) is 30.0 Å². The lowest BCUT2D eigenvalue weighted by Gasteiger charge is -2.31. The average Bonchev–Trinajstić information content (AvgIpc) is 3.57. The first-order chi connectivity index (χ1) is 20.5. The fourth-order valence-electron chi connectivity index (χ4n) is 7.11. The van der Waals surface area contributed by atoms with Crippen LogP contribution in [-0.2, 0) is 32.9 Å². The number of nitrogens with one attached hydrogen (secondary N) is 2. The van der Waals surface area contributed by atoms with Crippen molar-refractivity contribution in [1.29, 1.82) is 0 Å². The van der Waals surface area contributed by atoms with Crippen molar-refractivity contribution < 1.29 is 23.5 Å². The minimum Gasteiger partial charge on any atom is -0.396 e. The maximum atomic E-state index is 15.7. The summed E-state index contributed by atoms with van der Waals surface area (Å²) in [5.41, 5.74) is 2.90. The van der Waals surface area contributed by atoms with Gasteiger partial charge < -0.3 is 29.2 Å². The quantitative estimate of drug-likeness (QED) is 0.151. The molecule has 4 atom stereocenters. The average molecular weight is 620 g/mol. The molecule has 0 aliphatic carbocycles. The van der Waals surface area contributed by atoms with Crippen LogP contribution in [0.5, 0.6) is 0 Å². The minimum atomic E-state index is -3.27. The fraction of sp³-hybridized carbons (Fsp3) is 0.333. The molecule has 0 bridgehead atoms. The van der Waals surface area contributed by atoms with Gasteiger partial charge in [0.25, 0.3) is 5.91 Å². The second kappa shape index (κ2) is 11.2. The first kappa shape index (κ1) is 29.6. The van der Waals surface area contributed by atoms with Crippen molar-refractivity contribution in [1.82, 2.24) is 4.98 Å². The molecular formula is C33H35ClFN3O4Si. The highest BCUT2D eigenvalue weighted by Gasteiger charge is 2.66. The van der Waals surface area contributed by atoms with E-state index in [1.807, 2.05) is 67.7 Å². The molecule has 3 aromatic carbocycles. The molecule has 0 unspecified atom stereocenters. The normalized spacial score (nSPS) is 23.3. The molecule has 0 saturated carbocycles. The third-order valence-electron chi connectivity index (χ3n) is 8.94. The van der Waals surface area contributed by atoms with Crippen LogP contribution >= 0.6 is 11.6 Å². The van der Waals surface area contributed by atoms with Gasteiger partial charge in [-0.2, -0.15) is 0 Å². The Balaban J connectivity index is 1.22. The number of rotatable bonds is 8. The molecule has 3 N–H and O–H groups in total. The molecule has 43 heavy (non-hydrogen) atoms. The van der Waals surface area contributed by atoms with Crippen LogP contribution in [-0.4, -0.2) is 43.0 Å². The molecule has 3 heterocycles. The van der Waals surface area contributed by atoms with Gasteiger partial charge in [0.1, 0.15) is 0 Å². The zero-order valence-corrected chi connectivity index (χ0v) is 26.1. The maximum absolute atomic E-state index is 15.7. The summed E-state index contributed by atoms with van der Waals surface area (Å²) in [7, 11) is -3.27. The van der Waals surface area contributed by atoms with E-state index in [2.05, 4.69) is 10.3 Å². The number of hydrogen-bond acceptors (Lipinski definition) is 4. The van der Waals surface area contributed by atoms with Gasteiger partial charge in [-0.05, 0) is 67.0 Å². The second-order valence-electron chi connectivity index (χ2n) is 12.1. The smallest absolute Gasteiger partial charge is 0.264 e. The molecule has 1 spiro atoms. The van der Waals surface area contributed by atoms with E-state index in [0.717, 1.165) is 22.0 Å². The van der Waals surface area contributed by atoms with Gasteiger partial charge in [0.15, 0.2) is 5.60 Å². The van der Waals surface area contributed by atoms with Crippen LogP contribution in [0.3, 0.4) is 0 Å². The van der Waals surface area contributed by atoms with Crippen LogP contribution in [0, 0.1) is 5.92 Å². The molecule has 10 heteroatoms. The predicted molar refractivity (Wildman–Crippen MR) is 169 cm³/mol. The number of aliphatic hydroxyl groups excluding tert-OH is 1. The number of para-hydroxylation sites is 1. The Kier molecular flexibility index (Phi) is 7.70. The van der Waals surface area contributed by atoms with Gasteiger partial charge in [-0.15, -0.1) is 0 Å². The summed E-state index contributed by atoms with van der Waals surface area (Å²) in [6.07, 6.45) is 1.78. The topological polar surface area (TPSA) is 94.7 Å². The maximum Gasteiger partial charge on any atom is 0.264 e. The molecule has 0 radical (unpaired) electrons. The number of H-pyrrole nitrogens is 1. The van der Waals surface area contributed by atoms with E-state index < -0.39 is 31.6 Å². The van der Waals surface area contributed by atoms with E-state index in [-0.39, 0.29) is 37.8 Å². The first-order valence-electron chi connectivity index (χ1n) is 14.6. The number of aromatic amines is 1. The number of ether oxygens (including phenoxy) is 1. The molecule has 2 aliphatic heterocycles. The summed E-state index contributed by atoms with van der Waals surface area (Å²) >= 11 is 6.42. The third kappa shape index (κ3) is 5.18. The summed E-state index contributed by atoms with van der Waals surface area (Å²) in [5, 5.41) is 14.2. The summed E-state index contributed by atoms with van der Waals surface area (Å²) < 4.78 is 22.2. The van der Waals surface area contributed by atoms with Crippen molar-refractivity contribution in [2.45, 2.75) is 56.7 Å². The Morgan fingerprint density at radius 1 is 1.16 bits per heavy atom. The van der Waals surface area contributed by atoms with Crippen molar-refractivity contribution in [3.8, 4) is 0 Å². The number of hydrogen-bond donors (Lipinski definition) is 3. The van der Waals surface area contributed by atoms with Gasteiger partial charge in [-0.25, -0.2) is 0 Å². The minimum absolute atomic E-state index is 0.126. The van der Waals surface area contributed by atoms with Gasteiger partial charge >= 0.3 is 0 Å². The Bertz CT molecular complexity index is 1690. The molecule has 1 aromatic heterocycles. The fourth-order valence-corrected chi connectivity index (χ4v) is 9.82. The number of halogens is 2. The standard InChI is InChI=1S/C33H35ClFN3O4Si/c1-20-31(43(2,3)35)29(14-15-39)42-33(20)26-17-23(34)10-13-28(26)38(32(33)41)19-21-8-11-24(12-9-21)37-30(40)16-22-18-36-27-7-5-4-6-25(22)27/h4-13,17-18,20,29,31,36,39H,14-16,19H2,1-3H3,(H,37,40)/t20-,29+,31-,33+/m1/s1. The monoisotopic (exact) mass is 619 g/mol. The summed E-state index contributed by atoms with van der Waals surface area (Å²) in [5.74, 6) is -0.823. The molecule has 1 saturated heterocycles. The van der Waals surface area contributed by atoms with E-state index in [9.17, 15) is 14.7 Å². The lowest BCUT2D eigenvalue weighted by molar-refractivity contribution is -0.146. The highest BCUT2D eigenvalue weighted by molar-refractivity contribution is 6.72. The predicted octanol–water partition coefficient (Wildman–Crippen LogP) is 6.71. The van der Waals surface area contributed by atoms with E-state index in [1.165, 1.54) is 0 Å². The van der Waals surface area contributed by atoms with Gasteiger partial charge in [-0.1, -0.05) is 48.9 Å². The van der Waals surface area contributed by atoms with Gasteiger partial charge in [0, 0.05) is 51.4 Å². The Hall–Kier alpha value is -3.50. The molecule has 2 amide bonds. The van der Waals surface area contributed by atoms with E-state index in [1.54, 1.807) is 30.1 Å². The van der Waals surface area contributed by atoms with Gasteiger partial charge in [-0.3, -0.25) is 9.59 Å². The highest BCUT2D eigenvalue weighted by atomic mass is 35.5. The number of aromatic nitrogens is 1. The van der Waals surface area contributed by atoms with Crippen molar-refractivity contribution in [2.75, 3.05) is 16.8 Å². The van der Waals surface area contributed by atoms with Crippen LogP contribution in [0.15, 0.2) is 72.9 Å². The van der Waals surface area contributed by atoms with Crippen molar-refractivity contribution in [3.05, 3.63) is 94.6 Å². The van der Waals surface area contributed by atoms with E-state index in [0.29, 0.717) is 22.0 Å². The van der Waals surface area contributed by atoms with Crippen LogP contribution < -0.4 is 10.2 Å². The van der Waals surface area contributed by atoms with Gasteiger partial charge in [0.2, 0.25) is 14.3 Å². The number of aliphatic hydroxyl groups is 1. The van der Waals surface area contributed by atoms with E-state index >= 15 is 4.11 Å². The first-order valence-corrected chi connectivity index (χ1v) is 17.9. The lowest BCUT2D eigenvalue weighted by atomic mass is 9.82. The zero-order valence-electron chi connectivity index (χ0n) is 24.4. The number of carbonyl (C=O) groups excluding carboxylic acids is 2. The number of benzene rings is 3. The Labute approximate surface area is 256 Å². The molecule has 224 valence electrons. The number of amides is 2. The van der Waals surface area contributed by atoms with Crippen molar-refractivity contribution >= 4 is 54.1 Å². The zero-order chi connectivity index (χ0) is 30.5. The largest absolute Gasteiger partial charge is 0.396 e. The van der Waals surface area contributed by atoms with Crippen LogP contribution in [0.4, 0.5) is 15.5 Å². The molecular weight excluding hydrogens is 585 g/mol. The molecule has 6 rings (SSSR count). The second-order valence-corrected chi connectivity index (χ2v) is 16.3. The highest BCUT2D eigenvalue weighted by Crippen LogP contribution is 2.60. The lowest BCUT2D eigenvalue weighted by Crippen LogP contribution is -2.45. The Morgan fingerprint density at radius 3 is 2.63 bits per heavy atom. The molecule has 1 fully saturated rings. The van der Waals surface area contributed by atoms with E-state index in [4.69, 9.17) is 16.3 Å². The van der Waals surface area contributed by atoms with Gasteiger partial charge in [0.05, 0.1) is 24.8 Å². The number of anilines is 2. The van der Waals surface area contributed by atoms with Crippen molar-refractivity contribution in [3.63, 3.8) is 0 Å². The van der Waals surface area contributed by atoms with Crippen LogP contribution in [0.25, 0.3) is 10.9 Å². The third-order valence-corrected chi connectivity index (χ3v) is 11.6. The summed E-state index contributed by atoms with van der Waals surface area (Å²) in [6, 6.07) is 20.6. The van der Waals surface area contributed by atoms with Crippen molar-refractivity contribution in [2.24, 2.45) is 5.92 Å². The number of carbonyl (C=O) groups is 2. The number of nitrogens with zero attached hydrogens (tertiary/aromatic N) is 1. The number of fused-ring (bicyclic) bond motifs is 3. The molecule has 2 aliphatic rings. The van der Waals surface area contributed by atoms with Crippen LogP contribution in [0.2, 0.25) is 23.7 Å². The molecule has 4 aromatic rings. The summed E-state index contributed by atoms with van der Waals surface area (Å²) in [6.45, 7) is 5.27. The molecule has 7 nitrogen and oxygen atoms in total. The summed E-state index contributed by atoms with van der Waals surface area (Å²) in [4.78, 5) is 32.0. The Morgan fingerprint density at radius 2 is 1.91 bits per heavy atom. The SMILES string of the molecule is C[C@@H]1[C@@H]([Si](C)(C)F)[C@H](CCO)O[C@@]12C(=O)N(Cc1ccc(NC(=O)Cc3c[nH]c4ccccc34)cc1)c1ccc(Cl)cc12.